The maximum atomic E-state index is 15.4. The molecule has 11 heteroatoms. The van der Waals surface area contributed by atoms with E-state index in [-0.39, 0.29) is 46.6 Å². The predicted molar refractivity (Wildman–Crippen MR) is 205 cm³/mol. The van der Waals surface area contributed by atoms with Crippen LogP contribution in [0.2, 0.25) is 23.2 Å². The van der Waals surface area contributed by atoms with Crippen LogP contribution in [0.25, 0.3) is 0 Å². The highest BCUT2D eigenvalue weighted by Gasteiger charge is 2.67. The fraction of sp³-hybridized carbons (Fsp3) is 0.357. The number of nitrogens with zero attached hydrogens (tertiary/aromatic N) is 1. The minimum atomic E-state index is -2.88. The number of carbonyl (C=O) groups is 2. The van der Waals surface area contributed by atoms with E-state index in [0.29, 0.717) is 41.5 Å². The van der Waals surface area contributed by atoms with E-state index in [1.807, 2.05) is 73.8 Å². The first-order valence-corrected chi connectivity index (χ1v) is 21.3. The Morgan fingerprint density at radius 1 is 1.00 bits per heavy atom. The summed E-state index contributed by atoms with van der Waals surface area (Å²) in [6, 6.07) is 22.0. The minimum absolute atomic E-state index is 0.000433. The van der Waals surface area contributed by atoms with Crippen LogP contribution in [-0.4, -0.2) is 42.3 Å². The molecule has 0 bridgehead atoms. The van der Waals surface area contributed by atoms with Crippen molar-refractivity contribution >= 4 is 31.5 Å². The van der Waals surface area contributed by atoms with E-state index in [0.717, 1.165) is 11.1 Å². The quantitative estimate of drug-likeness (QED) is 0.114. The molecule has 276 valence electrons. The molecule has 1 unspecified atom stereocenters. The molecule has 7 rings (SSSR count). The highest BCUT2D eigenvalue weighted by Crippen LogP contribution is 2.59. The second-order valence-corrected chi connectivity index (χ2v) is 20.7. The highest BCUT2D eigenvalue weighted by atomic mass is 35.5. The van der Waals surface area contributed by atoms with Crippen molar-refractivity contribution in [1.82, 2.24) is 10.5 Å². The standard InChI is InChI=1S/C42H45ClN2O7Si/c1-7-20-44-35-29-22-27-21-28-30(43)18-19-31(49-23-25-14-10-8-11-15-25)33(28)36(46)32(27)38(47)42(29,52-53(5,6)41(2,3)4)39(48)34-37(35)51-45-40(34)50-24-26-16-12-9-13-17-26/h7-19,27,29,35,44,47H,1,20-24H2,2-6H3/t27-,29-,35-,42?/m0/s1. The molecule has 0 radical (unpaired) electrons. The van der Waals surface area contributed by atoms with Gasteiger partial charge in [0.05, 0.1) is 11.6 Å². The lowest BCUT2D eigenvalue weighted by Crippen LogP contribution is -2.65. The molecule has 4 aromatic rings. The maximum absolute atomic E-state index is 15.4. The number of rotatable bonds is 11. The first kappa shape index (κ1) is 36.9. The van der Waals surface area contributed by atoms with Gasteiger partial charge in [-0.3, -0.25) is 9.59 Å². The number of Topliss-reactive ketones (excluding diaryl/α,β-unsaturated/α-hetero) is 2. The molecule has 1 aromatic heterocycles. The third-order valence-electron chi connectivity index (χ3n) is 11.3. The molecular formula is C42H45ClN2O7Si. The van der Waals surface area contributed by atoms with Crippen LogP contribution in [0, 0.1) is 11.8 Å². The second kappa shape index (κ2) is 14.1. The SMILES string of the molecule is C=CCN[C@@H]1c2onc(OCc3ccccc3)c2C(=O)C2(O[Si](C)(C)C(C)(C)C)C(O)=C3C(=O)c4c(OCc5ccccc5)ccc(Cl)c4C[C@H]3C[C@@H]12. The zero-order valence-electron chi connectivity index (χ0n) is 30.7. The Morgan fingerprint density at radius 2 is 1.64 bits per heavy atom. The first-order chi connectivity index (χ1) is 25.3. The summed E-state index contributed by atoms with van der Waals surface area (Å²) in [4.78, 5) is 30.3. The van der Waals surface area contributed by atoms with Crippen molar-refractivity contribution in [1.29, 1.82) is 0 Å². The summed E-state index contributed by atoms with van der Waals surface area (Å²) >= 11 is 6.81. The molecule has 1 heterocycles. The van der Waals surface area contributed by atoms with Crippen molar-refractivity contribution in [2.45, 2.75) is 76.6 Å². The van der Waals surface area contributed by atoms with Gasteiger partial charge in [0.15, 0.2) is 25.5 Å². The molecule has 3 aliphatic carbocycles. The summed E-state index contributed by atoms with van der Waals surface area (Å²) in [7, 11) is -2.88. The fourth-order valence-electron chi connectivity index (χ4n) is 7.64. The smallest absolute Gasteiger partial charge is 0.265 e. The Morgan fingerprint density at radius 3 is 2.26 bits per heavy atom. The van der Waals surface area contributed by atoms with Crippen LogP contribution in [-0.2, 0) is 24.1 Å². The zero-order chi connectivity index (χ0) is 37.7. The van der Waals surface area contributed by atoms with Gasteiger partial charge in [-0.2, -0.15) is 0 Å². The fourth-order valence-corrected chi connectivity index (χ4v) is 9.33. The molecule has 9 nitrogen and oxygen atoms in total. The number of halogens is 1. The number of aromatic nitrogens is 1. The van der Waals surface area contributed by atoms with Crippen LogP contribution in [0.5, 0.6) is 11.6 Å². The Labute approximate surface area is 316 Å². The van der Waals surface area contributed by atoms with E-state index in [2.05, 4.69) is 37.8 Å². The van der Waals surface area contributed by atoms with Gasteiger partial charge >= 0.3 is 0 Å². The van der Waals surface area contributed by atoms with Gasteiger partial charge in [0.2, 0.25) is 5.78 Å². The summed E-state index contributed by atoms with van der Waals surface area (Å²) in [6.07, 6.45) is 2.38. The van der Waals surface area contributed by atoms with Crippen molar-refractivity contribution in [3.63, 3.8) is 0 Å². The second-order valence-electron chi connectivity index (χ2n) is 15.6. The van der Waals surface area contributed by atoms with Crippen molar-refractivity contribution in [3.05, 3.63) is 135 Å². The molecule has 2 N–H and O–H groups in total. The number of benzene rings is 3. The molecule has 3 aliphatic rings. The van der Waals surface area contributed by atoms with Crippen molar-refractivity contribution in [2.24, 2.45) is 11.8 Å². The van der Waals surface area contributed by atoms with Crippen LogP contribution >= 0.6 is 11.6 Å². The number of aliphatic hydroxyl groups excluding tert-OH is 1. The van der Waals surface area contributed by atoms with Crippen LogP contribution in [0.4, 0.5) is 0 Å². The summed E-state index contributed by atoms with van der Waals surface area (Å²) in [6.45, 7) is 14.9. The minimum Gasteiger partial charge on any atom is -0.508 e. The van der Waals surface area contributed by atoms with Crippen molar-refractivity contribution in [3.8, 4) is 11.6 Å². The molecule has 0 spiro atoms. The third kappa shape index (κ3) is 6.35. The average molecular weight is 753 g/mol. The van der Waals surface area contributed by atoms with Gasteiger partial charge < -0.3 is 28.8 Å². The summed E-state index contributed by atoms with van der Waals surface area (Å²) < 4.78 is 25.6. The van der Waals surface area contributed by atoms with Crippen LogP contribution in [0.3, 0.4) is 0 Å². The normalized spacial score (nSPS) is 22.4. The first-order valence-electron chi connectivity index (χ1n) is 18.0. The third-order valence-corrected chi connectivity index (χ3v) is 16.1. The molecule has 0 fully saturated rings. The largest absolute Gasteiger partial charge is 0.508 e. The predicted octanol–water partition coefficient (Wildman–Crippen LogP) is 9.15. The highest BCUT2D eigenvalue weighted by molar-refractivity contribution is 6.74. The Balaban J connectivity index is 1.40. The van der Waals surface area contributed by atoms with Gasteiger partial charge in [-0.1, -0.05) is 99.1 Å². The van der Waals surface area contributed by atoms with Gasteiger partial charge in [0.1, 0.15) is 30.3 Å². The Bertz CT molecular complexity index is 2090. The molecule has 4 atom stereocenters. The molecule has 0 aliphatic heterocycles. The van der Waals surface area contributed by atoms with E-state index in [9.17, 15) is 9.90 Å². The van der Waals surface area contributed by atoms with Crippen LogP contribution < -0.4 is 14.8 Å². The van der Waals surface area contributed by atoms with Gasteiger partial charge in [-0.15, -0.1) is 6.58 Å². The topological polar surface area (TPSA) is 120 Å². The maximum Gasteiger partial charge on any atom is 0.265 e. The van der Waals surface area contributed by atoms with Gasteiger partial charge in [0, 0.05) is 23.1 Å². The molecule has 0 saturated carbocycles. The van der Waals surface area contributed by atoms with Crippen molar-refractivity contribution < 1.29 is 33.1 Å². The summed E-state index contributed by atoms with van der Waals surface area (Å²) in [5, 5.41) is 20.7. The zero-order valence-corrected chi connectivity index (χ0v) is 32.5. The summed E-state index contributed by atoms with van der Waals surface area (Å²) in [5.41, 5.74) is 1.02. The van der Waals surface area contributed by atoms with E-state index in [1.54, 1.807) is 18.2 Å². The number of fused-ring (bicyclic) bond motifs is 4. The number of allylic oxidation sites excluding steroid dienone is 1. The number of hydrogen-bond donors (Lipinski definition) is 2. The van der Waals surface area contributed by atoms with E-state index in [1.165, 1.54) is 0 Å². The number of ether oxygens (including phenoxy) is 2. The van der Waals surface area contributed by atoms with Crippen molar-refractivity contribution in [2.75, 3.05) is 6.54 Å². The van der Waals surface area contributed by atoms with Crippen LogP contribution in [0.15, 0.2) is 101 Å². The van der Waals surface area contributed by atoms with Crippen LogP contribution in [0.1, 0.15) is 76.4 Å². The Kier molecular flexibility index (Phi) is 9.78. The van der Waals surface area contributed by atoms with E-state index >= 15 is 4.79 Å². The average Bonchev–Trinajstić information content (AvgIpc) is 3.56. The molecular weight excluding hydrogens is 708 g/mol. The molecule has 0 saturated heterocycles. The molecule has 3 aromatic carbocycles. The van der Waals surface area contributed by atoms with Gasteiger partial charge in [-0.25, -0.2) is 0 Å². The number of carbonyl (C=O) groups excluding carboxylic acids is 2. The lowest BCUT2D eigenvalue weighted by Gasteiger charge is -2.54. The lowest BCUT2D eigenvalue weighted by atomic mass is 9.59. The van der Waals surface area contributed by atoms with Gasteiger partial charge in [0.25, 0.3) is 5.88 Å². The summed E-state index contributed by atoms with van der Waals surface area (Å²) in [5.74, 6) is -1.87. The number of hydrogen-bond acceptors (Lipinski definition) is 9. The lowest BCUT2D eigenvalue weighted by molar-refractivity contribution is -0.0318. The van der Waals surface area contributed by atoms with E-state index < -0.39 is 43.4 Å². The Hall–Kier alpha value is -4.48. The molecule has 0 amide bonds. The number of ketones is 2. The molecule has 53 heavy (non-hydrogen) atoms. The number of nitrogens with one attached hydrogen (secondary N) is 1. The monoisotopic (exact) mass is 752 g/mol. The van der Waals surface area contributed by atoms with E-state index in [4.69, 9.17) is 30.0 Å². The van der Waals surface area contributed by atoms with Gasteiger partial charge in [-0.05, 0) is 70.9 Å². The number of aliphatic hydroxyl groups is 1.